The zero-order chi connectivity index (χ0) is 16.3. The highest BCUT2D eigenvalue weighted by atomic mass is 79.9. The topological polar surface area (TPSA) is 78.8 Å². The number of nitriles is 1. The van der Waals surface area contributed by atoms with Crippen LogP contribution in [-0.4, -0.2) is 22.3 Å². The fourth-order valence-corrected chi connectivity index (χ4v) is 2.71. The molecule has 0 aliphatic rings. The van der Waals surface area contributed by atoms with E-state index in [2.05, 4.69) is 25.9 Å². The second-order valence-electron chi connectivity index (χ2n) is 4.72. The average molecular weight is 380 g/mol. The molecule has 7 heteroatoms. The van der Waals surface area contributed by atoms with Gasteiger partial charge in [0.2, 0.25) is 0 Å². The summed E-state index contributed by atoms with van der Waals surface area (Å²) in [6.45, 7) is 3.88. The first-order valence-electron chi connectivity index (χ1n) is 6.51. The Labute approximate surface area is 140 Å². The zero-order valence-electron chi connectivity index (χ0n) is 12.3. The van der Waals surface area contributed by atoms with E-state index in [9.17, 15) is 10.1 Å². The molecule has 0 aliphatic heterocycles. The third kappa shape index (κ3) is 3.51. The van der Waals surface area contributed by atoms with Crippen LogP contribution in [0.3, 0.4) is 0 Å². The number of nitrogens with zero attached hydrogens (tertiary/aromatic N) is 2. The monoisotopic (exact) mass is 379 g/mol. The van der Waals surface area contributed by atoms with Gasteiger partial charge in [-0.1, -0.05) is 11.8 Å². The maximum Gasteiger partial charge on any atom is 0.270 e. The van der Waals surface area contributed by atoms with Crippen LogP contribution in [0.1, 0.15) is 19.4 Å². The molecule has 0 spiro atoms. The van der Waals surface area contributed by atoms with Crippen molar-refractivity contribution in [2.24, 2.45) is 0 Å². The van der Waals surface area contributed by atoms with Gasteiger partial charge in [-0.05, 0) is 54.2 Å². The van der Waals surface area contributed by atoms with Crippen LogP contribution in [0.15, 0.2) is 32.6 Å². The minimum atomic E-state index is -0.435. The molecule has 0 bridgehead atoms. The van der Waals surface area contributed by atoms with E-state index in [1.165, 1.54) is 11.8 Å². The van der Waals surface area contributed by atoms with Crippen molar-refractivity contribution in [2.45, 2.75) is 25.1 Å². The van der Waals surface area contributed by atoms with Gasteiger partial charge in [0.15, 0.2) is 5.16 Å². The number of hydrogen-bond acceptors (Lipinski definition) is 5. The molecule has 1 aromatic heterocycles. The largest absolute Gasteiger partial charge is 0.490 e. The number of rotatable bonds is 4. The predicted molar refractivity (Wildman–Crippen MR) is 90.3 cm³/mol. The molecule has 1 aromatic carbocycles. The van der Waals surface area contributed by atoms with Crippen LogP contribution < -0.4 is 10.3 Å². The lowest BCUT2D eigenvalue weighted by atomic mass is 10.1. The van der Waals surface area contributed by atoms with E-state index in [-0.39, 0.29) is 11.7 Å². The second-order valence-corrected chi connectivity index (χ2v) is 6.37. The summed E-state index contributed by atoms with van der Waals surface area (Å²) in [6, 6.07) is 7.29. The van der Waals surface area contributed by atoms with Crippen molar-refractivity contribution >= 4 is 27.7 Å². The van der Waals surface area contributed by atoms with E-state index in [4.69, 9.17) is 4.74 Å². The summed E-state index contributed by atoms with van der Waals surface area (Å²) in [4.78, 5) is 18.9. The lowest BCUT2D eigenvalue weighted by Crippen LogP contribution is -2.14. The minimum absolute atomic E-state index is 0.00206. The van der Waals surface area contributed by atoms with Gasteiger partial charge < -0.3 is 9.72 Å². The smallest absolute Gasteiger partial charge is 0.270 e. The summed E-state index contributed by atoms with van der Waals surface area (Å²) in [5, 5.41) is 9.68. The van der Waals surface area contributed by atoms with Crippen LogP contribution in [0.5, 0.6) is 5.75 Å². The van der Waals surface area contributed by atoms with Crippen molar-refractivity contribution in [3.63, 3.8) is 0 Å². The highest BCUT2D eigenvalue weighted by Gasteiger charge is 2.15. The Kier molecular flexibility index (Phi) is 5.27. The number of benzene rings is 1. The lowest BCUT2D eigenvalue weighted by Gasteiger charge is -2.12. The fourth-order valence-electron chi connectivity index (χ4n) is 1.86. The van der Waals surface area contributed by atoms with Gasteiger partial charge in [-0.15, -0.1) is 0 Å². The summed E-state index contributed by atoms with van der Waals surface area (Å²) >= 11 is 4.76. The minimum Gasteiger partial charge on any atom is -0.490 e. The van der Waals surface area contributed by atoms with Gasteiger partial charge in [-0.25, -0.2) is 4.98 Å². The molecule has 114 valence electrons. The van der Waals surface area contributed by atoms with Crippen LogP contribution >= 0.6 is 27.7 Å². The SMILES string of the molecule is CSc1nc(-c2ccc(OC(C)C)c(Br)c2)c(C#N)c(=O)[nH]1. The summed E-state index contributed by atoms with van der Waals surface area (Å²) in [5.74, 6) is 0.701. The molecule has 0 amide bonds. The van der Waals surface area contributed by atoms with Crippen LogP contribution in [0, 0.1) is 11.3 Å². The first-order valence-corrected chi connectivity index (χ1v) is 8.53. The van der Waals surface area contributed by atoms with Crippen molar-refractivity contribution < 1.29 is 4.74 Å². The van der Waals surface area contributed by atoms with Crippen LogP contribution in [0.2, 0.25) is 0 Å². The molecule has 2 rings (SSSR count). The molecule has 1 N–H and O–H groups in total. The van der Waals surface area contributed by atoms with Crippen LogP contribution in [0.25, 0.3) is 11.3 Å². The molecule has 0 aliphatic carbocycles. The van der Waals surface area contributed by atoms with Gasteiger partial charge in [-0.2, -0.15) is 5.26 Å². The van der Waals surface area contributed by atoms with Crippen molar-refractivity contribution in [2.75, 3.05) is 6.26 Å². The summed E-state index contributed by atoms with van der Waals surface area (Å²) in [5.41, 5.74) is 0.617. The van der Waals surface area contributed by atoms with Gasteiger partial charge in [0.1, 0.15) is 17.4 Å². The van der Waals surface area contributed by atoms with Gasteiger partial charge in [0.05, 0.1) is 16.3 Å². The lowest BCUT2D eigenvalue weighted by molar-refractivity contribution is 0.241. The summed E-state index contributed by atoms with van der Waals surface area (Å²) in [7, 11) is 0. The Bertz CT molecular complexity index is 796. The molecule has 0 fully saturated rings. The van der Waals surface area contributed by atoms with Crippen molar-refractivity contribution in [1.29, 1.82) is 5.26 Å². The normalized spacial score (nSPS) is 10.5. The highest BCUT2D eigenvalue weighted by molar-refractivity contribution is 9.10. The number of H-pyrrole nitrogens is 1. The molecule has 0 atom stereocenters. The van der Waals surface area contributed by atoms with Gasteiger partial charge in [-0.3, -0.25) is 4.79 Å². The number of hydrogen-bond donors (Lipinski definition) is 1. The molecule has 2 aromatic rings. The third-order valence-corrected chi connectivity index (χ3v) is 3.97. The Balaban J connectivity index is 2.57. The fraction of sp³-hybridized carbons (Fsp3) is 0.267. The van der Waals surface area contributed by atoms with Gasteiger partial charge >= 0.3 is 0 Å². The number of nitrogens with one attached hydrogen (secondary N) is 1. The molecular formula is C15H14BrN3O2S. The molecular weight excluding hydrogens is 366 g/mol. The molecule has 0 saturated carbocycles. The second kappa shape index (κ2) is 6.99. The van der Waals surface area contributed by atoms with Gasteiger partial charge in [0.25, 0.3) is 5.56 Å². The zero-order valence-corrected chi connectivity index (χ0v) is 14.7. The summed E-state index contributed by atoms with van der Waals surface area (Å²) in [6.07, 6.45) is 1.86. The Morgan fingerprint density at radius 2 is 2.18 bits per heavy atom. The number of aromatic nitrogens is 2. The van der Waals surface area contributed by atoms with Crippen molar-refractivity contribution in [1.82, 2.24) is 9.97 Å². The van der Waals surface area contributed by atoms with E-state index in [1.54, 1.807) is 18.2 Å². The number of aromatic amines is 1. The maximum atomic E-state index is 12.0. The van der Waals surface area contributed by atoms with Crippen molar-refractivity contribution in [3.8, 4) is 23.1 Å². The van der Waals surface area contributed by atoms with Gasteiger partial charge in [0, 0.05) is 5.56 Å². The number of thioether (sulfide) groups is 1. The number of ether oxygens (including phenoxy) is 1. The first-order chi connectivity index (χ1) is 10.5. The quantitative estimate of drug-likeness (QED) is 0.648. The van der Waals surface area contributed by atoms with E-state index in [0.29, 0.717) is 22.2 Å². The van der Waals surface area contributed by atoms with Crippen LogP contribution in [0.4, 0.5) is 0 Å². The summed E-state index contributed by atoms with van der Waals surface area (Å²) < 4.78 is 6.40. The first kappa shape index (κ1) is 16.6. The molecule has 5 nitrogen and oxygen atoms in total. The Hall–Kier alpha value is -1.78. The van der Waals surface area contributed by atoms with E-state index >= 15 is 0 Å². The molecule has 0 saturated heterocycles. The molecule has 1 heterocycles. The average Bonchev–Trinajstić information content (AvgIpc) is 2.48. The highest BCUT2D eigenvalue weighted by Crippen LogP contribution is 2.31. The van der Waals surface area contributed by atoms with E-state index in [0.717, 1.165) is 4.47 Å². The number of halogens is 1. The Morgan fingerprint density at radius 1 is 1.45 bits per heavy atom. The van der Waals surface area contributed by atoms with E-state index < -0.39 is 5.56 Å². The van der Waals surface area contributed by atoms with Crippen molar-refractivity contribution in [3.05, 3.63) is 38.6 Å². The standard InChI is InChI=1S/C15H14BrN3O2S/c1-8(2)21-12-5-4-9(6-11(12)16)13-10(7-17)14(20)19-15(18-13)22-3/h4-6,8H,1-3H3,(H,18,19,20). The molecule has 0 radical (unpaired) electrons. The van der Waals surface area contributed by atoms with Crippen LogP contribution in [-0.2, 0) is 0 Å². The van der Waals surface area contributed by atoms with E-state index in [1.807, 2.05) is 26.2 Å². The third-order valence-electron chi connectivity index (χ3n) is 2.77. The maximum absolute atomic E-state index is 12.0. The predicted octanol–water partition coefficient (Wildman–Crippen LogP) is 3.58. The molecule has 22 heavy (non-hydrogen) atoms. The Morgan fingerprint density at radius 3 is 2.73 bits per heavy atom. The molecule has 0 unspecified atom stereocenters.